The van der Waals surface area contributed by atoms with E-state index in [1.165, 1.54) is 6.20 Å². The van der Waals surface area contributed by atoms with Crippen molar-refractivity contribution in [2.45, 2.75) is 37.1 Å². The van der Waals surface area contributed by atoms with Crippen LogP contribution >= 0.6 is 19.2 Å². The van der Waals surface area contributed by atoms with Gasteiger partial charge in [-0.15, -0.1) is 0 Å². The number of nitrogens with one attached hydrogen (secondary N) is 2. The summed E-state index contributed by atoms with van der Waals surface area (Å²) in [6.45, 7) is 0. The topological polar surface area (TPSA) is 144 Å². The van der Waals surface area contributed by atoms with E-state index in [9.17, 15) is 23.8 Å². The molecule has 0 saturated heterocycles. The summed E-state index contributed by atoms with van der Waals surface area (Å²) in [5, 5.41) is 12.1. The number of fused-ring (bicyclic) bond motifs is 1. The average molecular weight is 442 g/mol. The average Bonchev–Trinajstić information content (AvgIpc) is 3.06. The Morgan fingerprint density at radius 1 is 1.34 bits per heavy atom. The van der Waals surface area contributed by atoms with E-state index in [4.69, 9.17) is 11.6 Å². The second kappa shape index (κ2) is 7.30. The van der Waals surface area contributed by atoms with Gasteiger partial charge >= 0.3 is 7.60 Å². The monoisotopic (exact) mass is 441 g/mol. The van der Waals surface area contributed by atoms with E-state index in [0.717, 1.165) is 6.20 Å². The highest BCUT2D eigenvalue weighted by Gasteiger charge is 2.48. The smallest absolute Gasteiger partial charge is 0.356 e. The van der Waals surface area contributed by atoms with Gasteiger partial charge in [0.05, 0.1) is 11.2 Å². The third-order valence-electron chi connectivity index (χ3n) is 5.07. The van der Waals surface area contributed by atoms with Crippen LogP contribution in [-0.4, -0.2) is 46.2 Å². The summed E-state index contributed by atoms with van der Waals surface area (Å²) in [6.07, 6.45) is 4.80. The fourth-order valence-electron chi connectivity index (χ4n) is 3.57. The zero-order valence-corrected chi connectivity index (χ0v) is 16.7. The summed E-state index contributed by atoms with van der Waals surface area (Å²) >= 11 is 6.01. The first-order valence-corrected chi connectivity index (χ1v) is 10.9. The lowest BCUT2D eigenvalue weighted by molar-refractivity contribution is 0.0506. The fraction of sp³-hybridized carbons (Fsp3) is 0.353. The Labute approximate surface area is 169 Å². The number of hydrogen-bond acceptors (Lipinski definition) is 6. The van der Waals surface area contributed by atoms with Crippen molar-refractivity contribution < 1.29 is 23.8 Å². The molecule has 1 saturated carbocycles. The maximum atomic E-state index is 14.3. The maximum Gasteiger partial charge on any atom is 0.356 e. The van der Waals surface area contributed by atoms with E-state index >= 15 is 0 Å². The van der Waals surface area contributed by atoms with Gasteiger partial charge in [0.25, 0.3) is 0 Å². The first kappa shape index (κ1) is 20.2. The molecule has 0 spiro atoms. The Bertz CT molecular complexity index is 1120. The summed E-state index contributed by atoms with van der Waals surface area (Å²) in [5.41, 5.74) is 1.15. The lowest BCUT2D eigenvalue weighted by Gasteiger charge is -2.37. The number of H-pyrrole nitrogens is 1. The molecule has 154 valence electrons. The molecule has 29 heavy (non-hydrogen) atoms. The number of aromatic amines is 1. The van der Waals surface area contributed by atoms with Gasteiger partial charge in [-0.3, -0.25) is 4.57 Å². The Morgan fingerprint density at radius 3 is 2.90 bits per heavy atom. The highest BCUT2D eigenvalue weighted by atomic mass is 35.5. The van der Waals surface area contributed by atoms with Crippen LogP contribution < -0.4 is 5.32 Å². The molecule has 0 amide bonds. The van der Waals surface area contributed by atoms with Crippen LogP contribution in [-0.2, 0) is 4.57 Å². The molecule has 12 heteroatoms. The van der Waals surface area contributed by atoms with Crippen LogP contribution in [0.3, 0.4) is 0 Å². The lowest BCUT2D eigenvalue weighted by Crippen LogP contribution is -2.40. The largest absolute Gasteiger partial charge is 0.377 e. The molecule has 3 aromatic heterocycles. The highest BCUT2D eigenvalue weighted by Crippen LogP contribution is 2.56. The van der Waals surface area contributed by atoms with Crippen molar-refractivity contribution in [3.8, 4) is 11.4 Å². The van der Waals surface area contributed by atoms with Crippen molar-refractivity contribution >= 4 is 36.0 Å². The summed E-state index contributed by atoms with van der Waals surface area (Å²) in [5.74, 6) is -0.598. The Balaban J connectivity index is 1.64. The minimum Gasteiger partial charge on any atom is -0.377 e. The first-order chi connectivity index (χ1) is 13.7. The molecule has 5 N–H and O–H groups in total. The van der Waals surface area contributed by atoms with Crippen molar-refractivity contribution in [1.29, 1.82) is 0 Å². The second-order valence-electron chi connectivity index (χ2n) is 7.11. The number of aromatic nitrogens is 4. The van der Waals surface area contributed by atoms with Gasteiger partial charge < -0.3 is 25.2 Å². The molecular weight excluding hydrogens is 424 g/mol. The summed E-state index contributed by atoms with van der Waals surface area (Å²) in [4.78, 5) is 34.3. The Hall–Kier alpha value is -2.10. The fourth-order valence-corrected chi connectivity index (χ4v) is 4.64. The summed E-state index contributed by atoms with van der Waals surface area (Å²) in [7, 11) is -4.72. The molecule has 0 aliphatic heterocycles. The van der Waals surface area contributed by atoms with Gasteiger partial charge in [0.15, 0.2) is 22.8 Å². The van der Waals surface area contributed by atoms with Crippen molar-refractivity contribution in [2.24, 2.45) is 0 Å². The number of nitrogens with zero attached hydrogens (tertiary/aromatic N) is 3. The van der Waals surface area contributed by atoms with Gasteiger partial charge in [-0.25, -0.2) is 19.3 Å². The number of rotatable bonds is 4. The molecule has 2 atom stereocenters. The third-order valence-corrected chi connectivity index (χ3v) is 6.77. The van der Waals surface area contributed by atoms with Crippen molar-refractivity contribution in [3.63, 3.8) is 0 Å². The van der Waals surface area contributed by atoms with Crippen LogP contribution in [0.25, 0.3) is 22.4 Å². The van der Waals surface area contributed by atoms with Gasteiger partial charge in [0, 0.05) is 35.8 Å². The van der Waals surface area contributed by atoms with Crippen molar-refractivity contribution in [2.75, 3.05) is 5.32 Å². The van der Waals surface area contributed by atoms with E-state index in [0.29, 0.717) is 34.5 Å². The zero-order chi connectivity index (χ0) is 20.8. The minimum absolute atomic E-state index is 0.0178. The SMILES string of the molecule is O=P(O)(O)[C@]1(O)CCC[C@H](Nc2nc(-c3c[nH]c4ncc(Cl)cc34)ncc2F)C1. The van der Waals surface area contributed by atoms with Gasteiger partial charge in [0.1, 0.15) is 5.65 Å². The van der Waals surface area contributed by atoms with Crippen LogP contribution in [0, 0.1) is 5.82 Å². The van der Waals surface area contributed by atoms with Gasteiger partial charge in [-0.2, -0.15) is 0 Å². The van der Waals surface area contributed by atoms with E-state index in [1.807, 2.05) is 0 Å². The first-order valence-electron chi connectivity index (χ1n) is 8.86. The highest BCUT2D eigenvalue weighted by molar-refractivity contribution is 7.53. The number of pyridine rings is 1. The van der Waals surface area contributed by atoms with Crippen LogP contribution in [0.1, 0.15) is 25.7 Å². The molecule has 4 rings (SSSR count). The number of halogens is 2. The normalized spacial score (nSPS) is 22.7. The van der Waals surface area contributed by atoms with Crippen LogP contribution in [0.4, 0.5) is 10.2 Å². The standard InChI is InChI=1S/C17H18ClFN5O4P/c18-9-4-11-12(7-21-14(11)20-6-9)15-22-8-13(19)16(24-15)23-10-2-1-3-17(25,5-10)29(26,27)28/h4,6-8,10,25H,1-3,5H2,(H,20,21)(H,22,23,24)(H2,26,27,28)/t10-,17+/m0/s1. The predicted octanol–water partition coefficient (Wildman–Crippen LogP) is 3.03. The van der Waals surface area contributed by atoms with Crippen molar-refractivity contribution in [1.82, 2.24) is 19.9 Å². The van der Waals surface area contributed by atoms with E-state index in [-0.39, 0.29) is 24.5 Å². The molecule has 1 fully saturated rings. The number of anilines is 1. The minimum atomic E-state index is -4.72. The van der Waals surface area contributed by atoms with Gasteiger partial charge in [-0.05, 0) is 25.3 Å². The third kappa shape index (κ3) is 3.86. The summed E-state index contributed by atoms with van der Waals surface area (Å²) < 4.78 is 26.0. The lowest BCUT2D eigenvalue weighted by atomic mass is 9.92. The molecule has 0 bridgehead atoms. The quantitative estimate of drug-likeness (QED) is 0.388. The Kier molecular flexibility index (Phi) is 5.08. The molecule has 9 nitrogen and oxygen atoms in total. The number of aliphatic hydroxyl groups is 1. The summed E-state index contributed by atoms with van der Waals surface area (Å²) in [6, 6.07) is 1.13. The predicted molar refractivity (Wildman–Crippen MR) is 105 cm³/mol. The van der Waals surface area contributed by atoms with E-state index in [1.54, 1.807) is 12.3 Å². The van der Waals surface area contributed by atoms with Crippen LogP contribution in [0.15, 0.2) is 24.7 Å². The van der Waals surface area contributed by atoms with Gasteiger partial charge in [-0.1, -0.05) is 11.6 Å². The molecule has 1 aliphatic carbocycles. The second-order valence-corrected chi connectivity index (χ2v) is 9.46. The van der Waals surface area contributed by atoms with Crippen molar-refractivity contribution in [3.05, 3.63) is 35.5 Å². The molecular formula is C17H18ClFN5O4P. The Morgan fingerprint density at radius 2 is 2.14 bits per heavy atom. The van der Waals surface area contributed by atoms with Crippen LogP contribution in [0.5, 0.6) is 0 Å². The van der Waals surface area contributed by atoms with Crippen LogP contribution in [0.2, 0.25) is 5.02 Å². The molecule has 3 heterocycles. The molecule has 0 radical (unpaired) electrons. The molecule has 0 unspecified atom stereocenters. The van der Waals surface area contributed by atoms with Gasteiger partial charge in [0.2, 0.25) is 0 Å². The molecule has 1 aliphatic rings. The molecule has 3 aromatic rings. The molecule has 0 aromatic carbocycles. The van der Waals surface area contributed by atoms with E-state index < -0.39 is 24.8 Å². The zero-order valence-electron chi connectivity index (χ0n) is 15.0. The number of hydrogen-bond donors (Lipinski definition) is 5. The maximum absolute atomic E-state index is 14.3. The van der Waals surface area contributed by atoms with E-state index in [2.05, 4.69) is 25.3 Å².